The maximum atomic E-state index is 13.7. The van der Waals surface area contributed by atoms with Gasteiger partial charge >= 0.3 is 24.1 Å². The van der Waals surface area contributed by atoms with E-state index in [0.717, 1.165) is 108 Å². The lowest BCUT2D eigenvalue weighted by molar-refractivity contribution is -0.141. The minimum atomic E-state index is -0.822. The molecule has 0 fully saturated rings. The second kappa shape index (κ2) is 40.0. The summed E-state index contributed by atoms with van der Waals surface area (Å²) in [5.74, 6) is -0.603. The molecule has 0 spiro atoms. The van der Waals surface area contributed by atoms with Gasteiger partial charge in [0.05, 0.1) is 65.9 Å². The average Bonchev–Trinajstić information content (AvgIpc) is 1.61. The van der Waals surface area contributed by atoms with Gasteiger partial charge in [0, 0.05) is 128 Å². The van der Waals surface area contributed by atoms with Crippen molar-refractivity contribution in [3.8, 4) is 11.5 Å². The van der Waals surface area contributed by atoms with Gasteiger partial charge in [-0.25, -0.2) is 33.9 Å². The number of H-pyrrole nitrogens is 1. The zero-order valence-electron chi connectivity index (χ0n) is 61.9. The Morgan fingerprint density at radius 2 is 0.925 bits per heavy atom. The van der Waals surface area contributed by atoms with Crippen LogP contribution < -0.4 is 35.2 Å². The lowest BCUT2D eigenvalue weighted by atomic mass is 10.0. The number of nitrogens with one attached hydrogen (secondary N) is 4. The largest absolute Gasteiger partial charge is 0.497 e. The van der Waals surface area contributed by atoms with Gasteiger partial charge in [-0.2, -0.15) is 15.3 Å². The van der Waals surface area contributed by atoms with E-state index in [4.69, 9.17) is 19.7 Å². The van der Waals surface area contributed by atoms with Gasteiger partial charge in [-0.3, -0.25) is 24.3 Å². The van der Waals surface area contributed by atoms with Crippen molar-refractivity contribution < 1.29 is 57.6 Å². The van der Waals surface area contributed by atoms with E-state index in [2.05, 4.69) is 79.5 Å². The van der Waals surface area contributed by atoms with Crippen LogP contribution >= 0.6 is 0 Å². The van der Waals surface area contributed by atoms with Crippen molar-refractivity contribution in [3.05, 3.63) is 221 Å². The van der Waals surface area contributed by atoms with Gasteiger partial charge < -0.3 is 54.5 Å². The molecule has 106 heavy (non-hydrogen) atoms. The molecular weight excluding hydrogens is 1350 g/mol. The van der Waals surface area contributed by atoms with Gasteiger partial charge in [-0.15, -0.1) is 0 Å². The van der Waals surface area contributed by atoms with E-state index >= 15 is 0 Å². The molecule has 0 radical (unpaired) electrons. The number of esters is 1. The van der Waals surface area contributed by atoms with Crippen molar-refractivity contribution in [3.63, 3.8) is 0 Å². The topological polar surface area (TPSA) is 314 Å². The van der Waals surface area contributed by atoms with Crippen molar-refractivity contribution in [1.82, 2.24) is 55.3 Å². The first-order valence-electron chi connectivity index (χ1n) is 34.8. The molecule has 26 nitrogen and oxygen atoms in total. The number of carboxylic acid groups (broad SMARTS) is 1. The number of nitrogens with zero attached hydrogens (tertiary/aromatic N) is 10. The first-order chi connectivity index (χ1) is 51.2. The number of carbonyl (C=O) groups excluding carboxylic acids is 5. The summed E-state index contributed by atoms with van der Waals surface area (Å²) in [6.07, 6.45) is 6.70. The maximum Gasteiger partial charge on any atom is 0.406 e. The van der Waals surface area contributed by atoms with Crippen LogP contribution in [0.2, 0.25) is 0 Å². The minimum absolute atomic E-state index is 0.0350. The van der Waals surface area contributed by atoms with Gasteiger partial charge in [-0.05, 0) is 135 Å². The van der Waals surface area contributed by atoms with Gasteiger partial charge in [0.15, 0.2) is 16.9 Å². The summed E-state index contributed by atoms with van der Waals surface area (Å²) in [6, 6.07) is 50.8. The monoisotopic (exact) mass is 1440 g/mol. The molecule has 0 bridgehead atoms. The predicted molar refractivity (Wildman–Crippen MR) is 408 cm³/mol. The number of aromatic amines is 1. The Morgan fingerprint density at radius 3 is 1.36 bits per heavy atom. The number of aryl methyl sites for hydroxylation is 3. The maximum absolute atomic E-state index is 13.7. The fraction of sp³-hybridized carbons (Fsp3) is 0.325. The van der Waals surface area contributed by atoms with E-state index in [0.29, 0.717) is 57.5 Å². The van der Waals surface area contributed by atoms with Crippen molar-refractivity contribution in [2.24, 2.45) is 17.8 Å². The van der Waals surface area contributed by atoms with E-state index in [1.54, 1.807) is 49.5 Å². The van der Waals surface area contributed by atoms with Gasteiger partial charge in [0.1, 0.15) is 11.5 Å². The van der Waals surface area contributed by atoms with Crippen LogP contribution in [0.15, 0.2) is 176 Å². The highest BCUT2D eigenvalue weighted by Crippen LogP contribution is 2.27. The summed E-state index contributed by atoms with van der Waals surface area (Å²) in [7, 11) is 7.31. The number of amides is 4. The molecule has 0 saturated carbocycles. The number of aromatic nitrogens is 9. The number of carbonyl (C=O) groups is 6. The van der Waals surface area contributed by atoms with Crippen molar-refractivity contribution in [2.45, 2.75) is 86.7 Å². The van der Waals surface area contributed by atoms with Crippen LogP contribution in [0.25, 0.3) is 33.1 Å². The van der Waals surface area contributed by atoms with Crippen LogP contribution in [0, 0.1) is 38.5 Å². The number of aliphatic carboxylic acids is 1. The molecule has 3 atom stereocenters. The van der Waals surface area contributed by atoms with Gasteiger partial charge in [0.2, 0.25) is 11.8 Å². The molecular formula is C80H94N14O12. The van der Waals surface area contributed by atoms with E-state index in [9.17, 15) is 28.8 Å². The minimum Gasteiger partial charge on any atom is -0.497 e. The smallest absolute Gasteiger partial charge is 0.406 e. The van der Waals surface area contributed by atoms with Crippen molar-refractivity contribution in [2.75, 3.05) is 83.4 Å². The Kier molecular flexibility index (Phi) is 30.0. The molecule has 11 aromatic rings. The second-order valence-electron chi connectivity index (χ2n) is 25.3. The lowest BCUT2D eigenvalue weighted by Gasteiger charge is -2.26. The molecule has 0 aliphatic rings. The number of fused-ring (bicyclic) bond motifs is 3. The predicted octanol–water partition coefficient (Wildman–Crippen LogP) is 12.3. The summed E-state index contributed by atoms with van der Waals surface area (Å²) in [4.78, 5) is 88.4. The molecule has 11 rings (SSSR count). The van der Waals surface area contributed by atoms with Gasteiger partial charge in [-0.1, -0.05) is 98.1 Å². The van der Waals surface area contributed by atoms with E-state index < -0.39 is 24.1 Å². The summed E-state index contributed by atoms with van der Waals surface area (Å²) in [5, 5.41) is 37.1. The number of pyridine rings is 3. The lowest BCUT2D eigenvalue weighted by Crippen LogP contribution is -2.41. The van der Waals surface area contributed by atoms with E-state index in [1.165, 1.54) is 26.9 Å². The molecule has 5 aromatic carbocycles. The summed E-state index contributed by atoms with van der Waals surface area (Å²) in [5.41, 5.74) is 12.9. The molecule has 3 unspecified atom stereocenters. The zero-order valence-corrected chi connectivity index (χ0v) is 61.9. The van der Waals surface area contributed by atoms with Crippen molar-refractivity contribution in [1.29, 1.82) is 0 Å². The number of anilines is 3. The normalized spacial score (nSPS) is 11.6. The highest BCUT2D eigenvalue weighted by molar-refractivity contribution is 5.96. The number of rotatable bonds is 28. The summed E-state index contributed by atoms with van der Waals surface area (Å²) < 4.78 is 27.9. The van der Waals surface area contributed by atoms with Crippen LogP contribution in [0.1, 0.15) is 78.5 Å². The Balaban J connectivity index is 0.000000187. The molecule has 4 amide bonds. The van der Waals surface area contributed by atoms with Crippen LogP contribution in [-0.4, -0.2) is 154 Å². The average molecular weight is 1440 g/mol. The molecule has 0 aliphatic heterocycles. The van der Waals surface area contributed by atoms with Crippen LogP contribution in [0.4, 0.5) is 26.7 Å². The SMILES string of the molecule is COC(=O)CCCNc1ccc(C)cc1.COC(=O)NCCN(C(=O)C(C)Cc1[nH]nc2ncccc12)c1ccc(C)cc1.COC(=O)NCCN(C(=O)C(C)Cc1nn(Cc2ccc(OC)cc2)c2ncccc12)c1ccc(C)cc1.COc1ccc(Cn2nc(CC(C)C(=O)O)c3cccnc32)cc1. The van der Waals surface area contributed by atoms with Gasteiger partial charge in [0.25, 0.3) is 0 Å². The zero-order chi connectivity index (χ0) is 76.1. The number of ether oxygens (including phenoxy) is 5. The summed E-state index contributed by atoms with van der Waals surface area (Å²) >= 11 is 0. The highest BCUT2D eigenvalue weighted by atomic mass is 16.5. The Hall–Kier alpha value is -12.2. The number of hydrogen-bond donors (Lipinski definition) is 5. The molecule has 6 aromatic heterocycles. The number of hydrogen-bond acceptors (Lipinski definition) is 18. The molecule has 0 aliphatic carbocycles. The first-order valence-corrected chi connectivity index (χ1v) is 34.8. The van der Waals surface area contributed by atoms with E-state index in [-0.39, 0.29) is 42.7 Å². The third-order valence-corrected chi connectivity index (χ3v) is 17.3. The summed E-state index contributed by atoms with van der Waals surface area (Å²) in [6.45, 7) is 14.6. The first kappa shape index (κ1) is 79.5. The van der Waals surface area contributed by atoms with Crippen LogP contribution in [0.5, 0.6) is 11.5 Å². The number of methoxy groups -OCH3 is 5. The quantitative estimate of drug-likeness (QED) is 0.0173. The fourth-order valence-electron chi connectivity index (χ4n) is 11.3. The molecule has 5 N–H and O–H groups in total. The third kappa shape index (κ3) is 23.1. The number of alkyl carbamates (subject to hydrolysis) is 2. The number of benzene rings is 5. The molecule has 556 valence electrons. The Labute approximate surface area is 616 Å². The molecule has 0 saturated heterocycles. The van der Waals surface area contributed by atoms with E-state index in [1.807, 2.05) is 183 Å². The highest BCUT2D eigenvalue weighted by Gasteiger charge is 2.27. The molecule has 26 heteroatoms. The van der Waals surface area contributed by atoms with Crippen LogP contribution in [-0.2, 0) is 65.7 Å². The number of carboxylic acids is 1. The van der Waals surface area contributed by atoms with Crippen molar-refractivity contribution >= 4 is 86.1 Å². The third-order valence-electron chi connectivity index (χ3n) is 17.3. The Bertz CT molecular complexity index is 4640. The second-order valence-corrected chi connectivity index (χ2v) is 25.3. The Morgan fingerprint density at radius 1 is 0.500 bits per heavy atom. The molecule has 6 heterocycles. The fourth-order valence-corrected chi connectivity index (χ4v) is 11.3. The standard InChI is InChI=1S/C29H33N5O4.C21H25N5O3.C18H19N3O3.C12H17NO2/c1-20-7-11-23(12-8-20)33(17-16-31-29(36)38-4)28(35)21(2)18-26-25-6-5-15-30-27(25)34(32-26)19-22-9-13-24(37-3)14-10-22;1-14-6-8-16(9-7-14)26(12-11-23-21(28)29-3)20(27)15(2)13-18-17-5-4-10-22-19(17)25-24-18;1-12(18(22)23)10-16-15-4-3-9-19-17(15)21(20-16)11-13-5-7-14(24-2)8-6-13;1-10-5-7-11(8-6-10)13-9-3-4-12(14)15-2/h5-15,21H,16-19H2,1-4H3,(H,31,36);4-10,15H,11-13H2,1-3H3,(H,23,28)(H,22,24,25);3-9,12H,10-11H2,1-2H3,(H,22,23);5-8,13H,3-4,9H2,1-2H3. The van der Waals surface area contributed by atoms with Crippen LogP contribution in [0.3, 0.4) is 0 Å².